The van der Waals surface area contributed by atoms with E-state index < -0.39 is 0 Å². The average molecular weight is 251 g/mol. The van der Waals surface area contributed by atoms with Crippen LogP contribution in [0.4, 0.5) is 10.9 Å². The first-order valence-electron chi connectivity index (χ1n) is 4.46. The molecular weight excluding hydrogens is 242 g/mol. The van der Waals surface area contributed by atoms with Crippen molar-refractivity contribution in [1.29, 1.82) is 0 Å². The summed E-state index contributed by atoms with van der Waals surface area (Å²) in [5, 5.41) is 5.78. The molecule has 0 aliphatic heterocycles. The molecule has 2 aromatic rings. The summed E-state index contributed by atoms with van der Waals surface area (Å²) in [7, 11) is 0. The van der Waals surface area contributed by atoms with Gasteiger partial charge in [0.15, 0.2) is 10.9 Å². The molecule has 0 spiro atoms. The first kappa shape index (κ1) is 10.9. The average Bonchev–Trinajstić information content (AvgIpc) is 2.65. The number of thiocarbonyl (C=S) groups is 1. The Bertz CT molecular complexity index is 505. The highest BCUT2D eigenvalue weighted by Crippen LogP contribution is 2.18. The molecule has 7 heteroatoms. The van der Waals surface area contributed by atoms with Crippen LogP contribution < -0.4 is 11.1 Å². The van der Waals surface area contributed by atoms with E-state index in [9.17, 15) is 0 Å². The number of anilines is 2. The summed E-state index contributed by atoms with van der Waals surface area (Å²) in [5.74, 6) is 0.620. The van der Waals surface area contributed by atoms with Gasteiger partial charge in [0.2, 0.25) is 0 Å². The van der Waals surface area contributed by atoms with E-state index in [-0.39, 0.29) is 4.99 Å². The molecule has 0 aliphatic carbocycles. The Balaban J connectivity index is 2.14. The summed E-state index contributed by atoms with van der Waals surface area (Å²) < 4.78 is 0. The Morgan fingerprint density at radius 3 is 2.75 bits per heavy atom. The van der Waals surface area contributed by atoms with Crippen LogP contribution in [-0.2, 0) is 0 Å². The third-order valence-corrected chi connectivity index (χ3v) is 2.84. The molecule has 82 valence electrons. The number of nitrogens with two attached hydrogens (primary N) is 1. The number of rotatable bonds is 3. The Hall–Kier alpha value is -1.60. The van der Waals surface area contributed by atoms with Crippen molar-refractivity contribution < 1.29 is 0 Å². The minimum Gasteiger partial charge on any atom is -0.388 e. The van der Waals surface area contributed by atoms with Gasteiger partial charge in [-0.2, -0.15) is 0 Å². The molecule has 0 saturated carbocycles. The summed E-state index contributed by atoms with van der Waals surface area (Å²) >= 11 is 6.30. The number of aromatic nitrogens is 3. The lowest BCUT2D eigenvalue weighted by Gasteiger charge is -2.01. The molecule has 5 nitrogen and oxygen atoms in total. The first-order valence-corrected chi connectivity index (χ1v) is 5.75. The molecule has 0 aromatic carbocycles. The van der Waals surface area contributed by atoms with E-state index in [0.717, 1.165) is 10.8 Å². The highest BCUT2D eigenvalue weighted by atomic mass is 32.1. The van der Waals surface area contributed by atoms with Crippen LogP contribution in [0.25, 0.3) is 0 Å². The Labute approximate surface area is 102 Å². The third kappa shape index (κ3) is 2.50. The van der Waals surface area contributed by atoms with Crippen LogP contribution in [0, 0.1) is 6.92 Å². The molecule has 0 radical (unpaired) electrons. The van der Waals surface area contributed by atoms with E-state index in [1.165, 1.54) is 17.5 Å². The molecule has 0 unspecified atom stereocenters. The second-order valence-corrected chi connectivity index (χ2v) is 4.37. The van der Waals surface area contributed by atoms with Gasteiger partial charge in [-0.25, -0.2) is 15.0 Å². The van der Waals surface area contributed by atoms with Gasteiger partial charge in [0.25, 0.3) is 0 Å². The van der Waals surface area contributed by atoms with Crippen LogP contribution in [0.2, 0.25) is 0 Å². The molecule has 0 bridgehead atoms. The summed E-state index contributed by atoms with van der Waals surface area (Å²) in [6, 6.07) is 0. The van der Waals surface area contributed by atoms with E-state index in [4.69, 9.17) is 18.0 Å². The number of aryl methyl sites for hydroxylation is 1. The van der Waals surface area contributed by atoms with Gasteiger partial charge in [-0.1, -0.05) is 12.2 Å². The maximum Gasteiger partial charge on any atom is 0.188 e. The standard InChI is InChI=1S/C9H9N5S2/c1-5-4-16-9(13-5)14-7-3-11-6(2-12-7)8(10)15/h2-4H,1H3,(H2,10,15)(H,12,13,14). The van der Waals surface area contributed by atoms with Crippen molar-refractivity contribution in [3.8, 4) is 0 Å². The number of hydrogen-bond donors (Lipinski definition) is 2. The van der Waals surface area contributed by atoms with Gasteiger partial charge in [-0.05, 0) is 6.92 Å². The van der Waals surface area contributed by atoms with Crippen molar-refractivity contribution in [2.75, 3.05) is 5.32 Å². The molecule has 2 aromatic heterocycles. The largest absolute Gasteiger partial charge is 0.388 e. The highest BCUT2D eigenvalue weighted by molar-refractivity contribution is 7.80. The zero-order valence-corrected chi connectivity index (χ0v) is 10.1. The van der Waals surface area contributed by atoms with Gasteiger partial charge >= 0.3 is 0 Å². The summed E-state index contributed by atoms with van der Waals surface area (Å²) in [5.41, 5.74) is 6.90. The van der Waals surface area contributed by atoms with E-state index in [0.29, 0.717) is 11.5 Å². The summed E-state index contributed by atoms with van der Waals surface area (Å²) in [6.45, 7) is 1.93. The predicted molar refractivity (Wildman–Crippen MR) is 68.1 cm³/mol. The molecule has 0 atom stereocenters. The quantitative estimate of drug-likeness (QED) is 0.807. The fraction of sp³-hybridized carbons (Fsp3) is 0.111. The van der Waals surface area contributed by atoms with Crippen LogP contribution in [0.15, 0.2) is 17.8 Å². The third-order valence-electron chi connectivity index (χ3n) is 1.76. The maximum absolute atomic E-state index is 5.42. The molecule has 16 heavy (non-hydrogen) atoms. The van der Waals surface area contributed by atoms with Gasteiger partial charge < -0.3 is 11.1 Å². The van der Waals surface area contributed by atoms with Crippen LogP contribution >= 0.6 is 23.6 Å². The van der Waals surface area contributed by atoms with Crippen molar-refractivity contribution >= 4 is 39.5 Å². The maximum atomic E-state index is 5.42. The van der Waals surface area contributed by atoms with Crippen molar-refractivity contribution in [3.63, 3.8) is 0 Å². The van der Waals surface area contributed by atoms with E-state index in [1.54, 1.807) is 6.20 Å². The van der Waals surface area contributed by atoms with Crippen LogP contribution in [0.3, 0.4) is 0 Å². The zero-order valence-electron chi connectivity index (χ0n) is 8.47. The molecule has 0 fully saturated rings. The molecule has 0 saturated heterocycles. The van der Waals surface area contributed by atoms with Gasteiger partial charge in [-0.3, -0.25) is 0 Å². The van der Waals surface area contributed by atoms with Crippen LogP contribution in [0.5, 0.6) is 0 Å². The topological polar surface area (TPSA) is 76.7 Å². The fourth-order valence-corrected chi connectivity index (χ4v) is 1.84. The van der Waals surface area contributed by atoms with Crippen molar-refractivity contribution in [3.05, 3.63) is 29.2 Å². The van der Waals surface area contributed by atoms with Gasteiger partial charge in [0.05, 0.1) is 18.1 Å². The lowest BCUT2D eigenvalue weighted by Crippen LogP contribution is -2.12. The molecule has 2 heterocycles. The molecular formula is C9H9N5S2. The van der Waals surface area contributed by atoms with Gasteiger partial charge in [-0.15, -0.1) is 11.3 Å². The minimum absolute atomic E-state index is 0.240. The SMILES string of the molecule is Cc1csc(Nc2cnc(C(N)=S)cn2)n1. The lowest BCUT2D eigenvalue weighted by molar-refractivity contribution is 1.17. The van der Waals surface area contributed by atoms with Crippen LogP contribution in [-0.4, -0.2) is 19.9 Å². The highest BCUT2D eigenvalue weighted by Gasteiger charge is 2.02. The van der Waals surface area contributed by atoms with Crippen molar-refractivity contribution in [1.82, 2.24) is 15.0 Å². The second kappa shape index (κ2) is 4.50. The Kier molecular flexibility index (Phi) is 3.07. The monoisotopic (exact) mass is 251 g/mol. The van der Waals surface area contributed by atoms with E-state index in [2.05, 4.69) is 20.3 Å². The predicted octanol–water partition coefficient (Wildman–Crippen LogP) is 1.62. The number of thiazole rings is 1. The van der Waals surface area contributed by atoms with Gasteiger partial charge in [0.1, 0.15) is 10.7 Å². The van der Waals surface area contributed by atoms with Crippen LogP contribution in [0.1, 0.15) is 11.4 Å². The molecule has 2 rings (SSSR count). The number of nitrogens with one attached hydrogen (secondary N) is 1. The molecule has 3 N–H and O–H groups in total. The van der Waals surface area contributed by atoms with Crippen molar-refractivity contribution in [2.45, 2.75) is 6.92 Å². The number of nitrogens with zero attached hydrogens (tertiary/aromatic N) is 3. The second-order valence-electron chi connectivity index (χ2n) is 3.07. The first-order chi connectivity index (χ1) is 7.65. The normalized spacial score (nSPS) is 10.1. The minimum atomic E-state index is 0.240. The molecule has 0 aliphatic rings. The Morgan fingerprint density at radius 2 is 2.25 bits per heavy atom. The summed E-state index contributed by atoms with van der Waals surface area (Å²) in [6.07, 6.45) is 3.11. The Morgan fingerprint density at radius 1 is 1.44 bits per heavy atom. The van der Waals surface area contributed by atoms with Gasteiger partial charge in [0, 0.05) is 5.38 Å². The van der Waals surface area contributed by atoms with Crippen molar-refractivity contribution in [2.24, 2.45) is 5.73 Å². The zero-order chi connectivity index (χ0) is 11.5. The molecule has 0 amide bonds. The fourth-order valence-electron chi connectivity index (χ4n) is 1.04. The number of hydrogen-bond acceptors (Lipinski definition) is 6. The smallest absolute Gasteiger partial charge is 0.188 e. The summed E-state index contributed by atoms with van der Waals surface area (Å²) in [4.78, 5) is 12.7. The van der Waals surface area contributed by atoms with E-state index >= 15 is 0 Å². The van der Waals surface area contributed by atoms with E-state index in [1.807, 2.05) is 12.3 Å². The lowest BCUT2D eigenvalue weighted by atomic mass is 10.4.